The topological polar surface area (TPSA) is 95.9 Å². The predicted molar refractivity (Wildman–Crippen MR) is 62.8 cm³/mol. The largest absolute Gasteiger partial charge is 0.480 e. The van der Waals surface area contributed by atoms with Crippen LogP contribution in [0, 0.1) is 5.92 Å². The zero-order valence-corrected chi connectivity index (χ0v) is 11.3. The molecule has 1 atom stereocenters. The number of nitrogens with one attached hydrogen (secondary N) is 1. The molecule has 0 aliphatic rings. The molecule has 8 heteroatoms. The molecule has 0 saturated heterocycles. The van der Waals surface area contributed by atoms with Gasteiger partial charge in [0.15, 0.2) is 0 Å². The minimum absolute atomic E-state index is 0.163. The quantitative estimate of drug-likeness (QED) is 0.619. The number of rotatable bonds is 8. The van der Waals surface area contributed by atoms with E-state index in [1.165, 1.54) is 14.2 Å². The Morgan fingerprint density at radius 2 is 2.00 bits per heavy atom. The minimum Gasteiger partial charge on any atom is -0.480 e. The first kappa shape index (κ1) is 16.3. The highest BCUT2D eigenvalue weighted by Crippen LogP contribution is 2.05. The molecule has 0 amide bonds. The van der Waals surface area contributed by atoms with Crippen molar-refractivity contribution in [3.63, 3.8) is 0 Å². The summed E-state index contributed by atoms with van der Waals surface area (Å²) < 4.78 is 31.4. The summed E-state index contributed by atoms with van der Waals surface area (Å²) in [5, 5.41) is 8.89. The molecule has 0 fully saturated rings. The molecule has 0 rings (SSSR count). The maximum absolute atomic E-state index is 11.8. The Morgan fingerprint density at radius 3 is 2.35 bits per heavy atom. The van der Waals surface area contributed by atoms with Crippen LogP contribution in [0.3, 0.4) is 0 Å². The lowest BCUT2D eigenvalue weighted by atomic mass is 10.1. The summed E-state index contributed by atoms with van der Waals surface area (Å²) >= 11 is 0. The van der Waals surface area contributed by atoms with Crippen LogP contribution in [-0.4, -0.2) is 57.1 Å². The average molecular weight is 268 g/mol. The van der Waals surface area contributed by atoms with E-state index in [0.717, 1.165) is 4.31 Å². The number of methoxy groups -OCH3 is 1. The normalized spacial score (nSPS) is 14.2. The fourth-order valence-corrected chi connectivity index (χ4v) is 2.25. The van der Waals surface area contributed by atoms with E-state index in [1.54, 1.807) is 13.8 Å². The summed E-state index contributed by atoms with van der Waals surface area (Å²) in [7, 11) is -0.977. The number of carboxylic acid groups (broad SMARTS) is 1. The molecule has 0 heterocycles. The molecule has 2 N–H and O–H groups in total. The smallest absolute Gasteiger partial charge is 0.322 e. The second kappa shape index (κ2) is 6.90. The van der Waals surface area contributed by atoms with Gasteiger partial charge in [-0.25, -0.2) is 0 Å². The summed E-state index contributed by atoms with van der Waals surface area (Å²) in [6.45, 7) is 3.68. The van der Waals surface area contributed by atoms with Gasteiger partial charge in [-0.15, -0.1) is 0 Å². The van der Waals surface area contributed by atoms with Gasteiger partial charge in [-0.1, -0.05) is 13.8 Å². The molecule has 0 unspecified atom stereocenters. The lowest BCUT2D eigenvalue weighted by Gasteiger charge is -2.22. The van der Waals surface area contributed by atoms with Crippen molar-refractivity contribution in [1.29, 1.82) is 0 Å². The molecular formula is C9H20N2O5S. The van der Waals surface area contributed by atoms with Gasteiger partial charge in [0.25, 0.3) is 10.2 Å². The highest BCUT2D eigenvalue weighted by Gasteiger charge is 2.29. The zero-order chi connectivity index (χ0) is 13.6. The van der Waals surface area contributed by atoms with Crippen molar-refractivity contribution in [3.05, 3.63) is 0 Å². The van der Waals surface area contributed by atoms with E-state index in [1.807, 2.05) is 0 Å². The van der Waals surface area contributed by atoms with Crippen molar-refractivity contribution < 1.29 is 23.1 Å². The number of likely N-dealkylation sites (N-methyl/N-ethyl adjacent to an activating group) is 1. The van der Waals surface area contributed by atoms with Crippen LogP contribution in [0.4, 0.5) is 0 Å². The average Bonchev–Trinajstić information content (AvgIpc) is 2.21. The Morgan fingerprint density at radius 1 is 1.47 bits per heavy atom. The number of ether oxygens (including phenoxy) is 1. The van der Waals surface area contributed by atoms with Crippen molar-refractivity contribution in [2.45, 2.75) is 19.9 Å². The molecule has 0 saturated carbocycles. The van der Waals surface area contributed by atoms with Crippen LogP contribution >= 0.6 is 0 Å². The van der Waals surface area contributed by atoms with E-state index >= 15 is 0 Å². The summed E-state index contributed by atoms with van der Waals surface area (Å²) in [6, 6.07) is -1.13. The standard InChI is InChI=1S/C9H20N2O5S/c1-7(2)8(9(12)13)10-17(14,15)11(3)5-6-16-4/h7-8,10H,5-6H2,1-4H3,(H,12,13)/t8-/m0/s1. The van der Waals surface area contributed by atoms with E-state index in [2.05, 4.69) is 4.72 Å². The molecule has 0 bridgehead atoms. The van der Waals surface area contributed by atoms with E-state index in [0.29, 0.717) is 0 Å². The molecule has 0 aliphatic heterocycles. The molecule has 0 spiro atoms. The molecule has 0 aliphatic carbocycles. The lowest BCUT2D eigenvalue weighted by molar-refractivity contribution is -0.140. The number of aliphatic carboxylic acids is 1. The van der Waals surface area contributed by atoms with Gasteiger partial charge in [-0.05, 0) is 5.92 Å². The van der Waals surface area contributed by atoms with E-state index < -0.39 is 22.2 Å². The van der Waals surface area contributed by atoms with Crippen LogP contribution in [0.15, 0.2) is 0 Å². The summed E-state index contributed by atoms with van der Waals surface area (Å²) in [5.74, 6) is -1.53. The minimum atomic E-state index is -3.80. The van der Waals surface area contributed by atoms with Crippen molar-refractivity contribution in [1.82, 2.24) is 9.03 Å². The SMILES string of the molecule is COCCN(C)S(=O)(=O)N[C@H](C(=O)O)C(C)C. The van der Waals surface area contributed by atoms with Gasteiger partial charge >= 0.3 is 5.97 Å². The van der Waals surface area contributed by atoms with Crippen LogP contribution < -0.4 is 4.72 Å². The van der Waals surface area contributed by atoms with Crippen LogP contribution in [-0.2, 0) is 19.7 Å². The van der Waals surface area contributed by atoms with Gasteiger partial charge in [-0.3, -0.25) is 4.79 Å². The van der Waals surface area contributed by atoms with Crippen LogP contribution in [0.1, 0.15) is 13.8 Å². The number of hydrogen-bond donors (Lipinski definition) is 2. The Kier molecular flexibility index (Phi) is 6.61. The van der Waals surface area contributed by atoms with Gasteiger partial charge in [-0.2, -0.15) is 17.4 Å². The van der Waals surface area contributed by atoms with Gasteiger partial charge in [0, 0.05) is 20.7 Å². The molecule has 7 nitrogen and oxygen atoms in total. The highest BCUT2D eigenvalue weighted by atomic mass is 32.2. The van der Waals surface area contributed by atoms with Gasteiger partial charge in [0.2, 0.25) is 0 Å². The van der Waals surface area contributed by atoms with Crippen molar-refractivity contribution in [2.75, 3.05) is 27.3 Å². The first-order chi connectivity index (χ1) is 7.72. The maximum atomic E-state index is 11.8. The first-order valence-electron chi connectivity index (χ1n) is 5.17. The third-order valence-electron chi connectivity index (χ3n) is 2.23. The number of hydrogen-bond acceptors (Lipinski definition) is 4. The molecule has 0 aromatic heterocycles. The number of carboxylic acids is 1. The van der Waals surface area contributed by atoms with Gasteiger partial charge in [0.1, 0.15) is 6.04 Å². The maximum Gasteiger partial charge on any atom is 0.322 e. The van der Waals surface area contributed by atoms with E-state index in [-0.39, 0.29) is 19.1 Å². The highest BCUT2D eigenvalue weighted by molar-refractivity contribution is 7.87. The Labute approximate surface area is 102 Å². The second-order valence-electron chi connectivity index (χ2n) is 4.00. The number of nitrogens with zero attached hydrogens (tertiary/aromatic N) is 1. The van der Waals surface area contributed by atoms with Crippen molar-refractivity contribution in [3.8, 4) is 0 Å². The summed E-state index contributed by atoms with van der Waals surface area (Å²) in [5.41, 5.74) is 0. The molecule has 0 radical (unpaired) electrons. The van der Waals surface area contributed by atoms with Crippen LogP contribution in [0.25, 0.3) is 0 Å². The molecule has 0 aromatic rings. The molecule has 0 aromatic carbocycles. The summed E-state index contributed by atoms with van der Waals surface area (Å²) in [6.07, 6.45) is 0. The Bertz CT molecular complexity index is 341. The second-order valence-corrected chi connectivity index (χ2v) is 5.81. The predicted octanol–water partition coefficient (Wildman–Crippen LogP) is -0.492. The molecule has 17 heavy (non-hydrogen) atoms. The zero-order valence-electron chi connectivity index (χ0n) is 10.5. The van der Waals surface area contributed by atoms with Crippen LogP contribution in [0.2, 0.25) is 0 Å². The first-order valence-corrected chi connectivity index (χ1v) is 6.61. The Hall–Kier alpha value is -0.700. The fourth-order valence-electron chi connectivity index (χ4n) is 1.06. The third kappa shape index (κ3) is 5.44. The molecular weight excluding hydrogens is 248 g/mol. The van der Waals surface area contributed by atoms with Crippen LogP contribution in [0.5, 0.6) is 0 Å². The summed E-state index contributed by atoms with van der Waals surface area (Å²) in [4.78, 5) is 10.9. The number of carbonyl (C=O) groups is 1. The Balaban J connectivity index is 4.66. The fraction of sp³-hybridized carbons (Fsp3) is 0.889. The third-order valence-corrected chi connectivity index (χ3v) is 3.78. The van der Waals surface area contributed by atoms with Gasteiger partial charge < -0.3 is 9.84 Å². The lowest BCUT2D eigenvalue weighted by Crippen LogP contribution is -2.49. The van der Waals surface area contributed by atoms with Crippen molar-refractivity contribution in [2.24, 2.45) is 5.92 Å². The monoisotopic (exact) mass is 268 g/mol. The van der Waals surface area contributed by atoms with Crippen molar-refractivity contribution >= 4 is 16.2 Å². The van der Waals surface area contributed by atoms with E-state index in [4.69, 9.17) is 9.84 Å². The van der Waals surface area contributed by atoms with E-state index in [9.17, 15) is 13.2 Å². The molecule has 102 valence electrons. The van der Waals surface area contributed by atoms with Gasteiger partial charge in [0.05, 0.1) is 6.61 Å².